The van der Waals surface area contributed by atoms with Crippen molar-refractivity contribution in [3.8, 4) is 0 Å². The zero-order valence-corrected chi connectivity index (χ0v) is 12.7. The Kier molecular flexibility index (Phi) is 4.86. The van der Waals surface area contributed by atoms with Crippen LogP contribution in [0, 0.1) is 6.92 Å². The minimum Gasteiger partial charge on any atom is -0.350 e. The average molecular weight is 264 g/mol. The minimum absolute atomic E-state index is 0.141. The molecule has 0 aliphatic heterocycles. The van der Waals surface area contributed by atoms with Crippen molar-refractivity contribution in [1.82, 2.24) is 15.3 Å². The van der Waals surface area contributed by atoms with Crippen LogP contribution in [-0.4, -0.2) is 27.5 Å². The Morgan fingerprint density at radius 3 is 2.53 bits per heavy atom. The van der Waals surface area contributed by atoms with Gasteiger partial charge in [0.25, 0.3) is 5.91 Å². The van der Waals surface area contributed by atoms with Crippen LogP contribution in [0.3, 0.4) is 0 Å². The van der Waals surface area contributed by atoms with E-state index in [-0.39, 0.29) is 17.5 Å². The number of carbonyl (C=O) groups is 1. The molecule has 0 fully saturated rings. The van der Waals surface area contributed by atoms with E-state index in [1.54, 1.807) is 6.07 Å². The number of carbonyl (C=O) groups excluding carboxylic acids is 1. The summed E-state index contributed by atoms with van der Waals surface area (Å²) < 4.78 is 0. The number of amides is 1. The summed E-state index contributed by atoms with van der Waals surface area (Å²) in [6, 6.07) is 1.84. The van der Waals surface area contributed by atoms with Crippen molar-refractivity contribution < 1.29 is 4.79 Å². The second-order valence-electron chi connectivity index (χ2n) is 5.88. The van der Waals surface area contributed by atoms with Gasteiger partial charge >= 0.3 is 0 Å². The summed E-state index contributed by atoms with van der Waals surface area (Å²) in [6.07, 6.45) is 0.892. The van der Waals surface area contributed by atoms with Gasteiger partial charge in [0.05, 0.1) is 0 Å². The fraction of sp³-hybridized carbons (Fsp3) is 0.643. The first-order valence-corrected chi connectivity index (χ1v) is 6.66. The lowest BCUT2D eigenvalue weighted by Crippen LogP contribution is -2.33. The smallest absolute Gasteiger partial charge is 0.270 e. The molecule has 0 aromatic carbocycles. The maximum atomic E-state index is 12.1. The molecule has 19 heavy (non-hydrogen) atoms. The summed E-state index contributed by atoms with van der Waals surface area (Å²) in [5.74, 6) is 0.332. The number of hydrogen-bond acceptors (Lipinski definition) is 4. The van der Waals surface area contributed by atoms with Gasteiger partial charge in [-0.25, -0.2) is 9.97 Å². The third-order valence-corrected chi connectivity index (χ3v) is 2.56. The highest BCUT2D eigenvalue weighted by molar-refractivity contribution is 5.92. The van der Waals surface area contributed by atoms with Gasteiger partial charge in [0.2, 0.25) is 5.95 Å². The van der Waals surface area contributed by atoms with Gasteiger partial charge in [-0.2, -0.15) is 0 Å². The molecule has 1 unspecified atom stereocenters. The van der Waals surface area contributed by atoms with E-state index in [1.165, 1.54) is 0 Å². The van der Waals surface area contributed by atoms with Crippen LogP contribution in [0.4, 0.5) is 5.95 Å². The van der Waals surface area contributed by atoms with Gasteiger partial charge < -0.3 is 10.6 Å². The Balaban J connectivity index is 2.93. The lowest BCUT2D eigenvalue weighted by molar-refractivity contribution is 0.0934. The van der Waals surface area contributed by atoms with E-state index in [2.05, 4.69) is 20.6 Å². The molecule has 1 aromatic rings. The zero-order chi connectivity index (χ0) is 14.6. The Hall–Kier alpha value is -1.65. The summed E-state index contributed by atoms with van der Waals surface area (Å²) >= 11 is 0. The van der Waals surface area contributed by atoms with Gasteiger partial charge in [0, 0.05) is 17.3 Å². The van der Waals surface area contributed by atoms with Crippen molar-refractivity contribution in [1.29, 1.82) is 0 Å². The molecule has 1 atom stereocenters. The predicted molar refractivity (Wildman–Crippen MR) is 77.4 cm³/mol. The maximum absolute atomic E-state index is 12.1. The van der Waals surface area contributed by atoms with Gasteiger partial charge in [-0.15, -0.1) is 0 Å². The normalized spacial score (nSPS) is 12.9. The predicted octanol–water partition coefficient (Wildman–Crippen LogP) is 2.52. The van der Waals surface area contributed by atoms with Crippen LogP contribution in [0.15, 0.2) is 6.07 Å². The van der Waals surface area contributed by atoms with Gasteiger partial charge in [-0.1, -0.05) is 6.92 Å². The Morgan fingerprint density at radius 2 is 2.00 bits per heavy atom. The van der Waals surface area contributed by atoms with Crippen LogP contribution < -0.4 is 10.6 Å². The average Bonchev–Trinajstić information content (AvgIpc) is 2.25. The largest absolute Gasteiger partial charge is 0.350 e. The van der Waals surface area contributed by atoms with Crippen LogP contribution in [0.1, 0.15) is 57.2 Å². The van der Waals surface area contributed by atoms with E-state index in [0.29, 0.717) is 11.6 Å². The summed E-state index contributed by atoms with van der Waals surface area (Å²) in [5.41, 5.74) is 1.04. The number of hydrogen-bond donors (Lipinski definition) is 2. The Morgan fingerprint density at radius 1 is 1.37 bits per heavy atom. The van der Waals surface area contributed by atoms with E-state index in [9.17, 15) is 4.79 Å². The number of nitrogens with one attached hydrogen (secondary N) is 2. The number of anilines is 1. The van der Waals surface area contributed by atoms with E-state index in [0.717, 1.165) is 12.1 Å². The second kappa shape index (κ2) is 5.99. The van der Waals surface area contributed by atoms with E-state index < -0.39 is 0 Å². The zero-order valence-electron chi connectivity index (χ0n) is 12.7. The molecular weight excluding hydrogens is 240 g/mol. The molecule has 5 heteroatoms. The molecule has 1 aromatic heterocycles. The highest BCUT2D eigenvalue weighted by Gasteiger charge is 2.15. The first-order valence-electron chi connectivity index (χ1n) is 6.66. The van der Waals surface area contributed by atoms with Gasteiger partial charge in [-0.05, 0) is 47.1 Å². The number of aryl methyl sites for hydroxylation is 1. The maximum Gasteiger partial charge on any atom is 0.270 e. The quantitative estimate of drug-likeness (QED) is 0.877. The molecule has 106 valence electrons. The first kappa shape index (κ1) is 15.4. The standard InChI is InChI=1S/C14H24N4O/c1-7-9(2)15-12(19)11-8-10(3)16-13(17-11)18-14(4,5)6/h8-9H,7H2,1-6H3,(H,15,19)(H,16,17,18). The van der Waals surface area contributed by atoms with Gasteiger partial charge in [0.15, 0.2) is 0 Å². The van der Waals surface area contributed by atoms with Crippen molar-refractivity contribution >= 4 is 11.9 Å². The van der Waals surface area contributed by atoms with E-state index in [1.807, 2.05) is 41.5 Å². The van der Waals surface area contributed by atoms with Crippen molar-refractivity contribution in [3.05, 3.63) is 17.5 Å². The summed E-state index contributed by atoms with van der Waals surface area (Å²) in [5, 5.41) is 6.09. The number of rotatable bonds is 4. The summed E-state index contributed by atoms with van der Waals surface area (Å²) in [7, 11) is 0. The SMILES string of the molecule is CCC(C)NC(=O)c1cc(C)nc(NC(C)(C)C)n1. The third-order valence-electron chi connectivity index (χ3n) is 2.56. The van der Waals surface area contributed by atoms with Crippen LogP contribution in [0.5, 0.6) is 0 Å². The number of aromatic nitrogens is 2. The second-order valence-corrected chi connectivity index (χ2v) is 5.88. The van der Waals surface area contributed by atoms with Gasteiger partial charge in [-0.3, -0.25) is 4.79 Å². The molecule has 1 amide bonds. The monoisotopic (exact) mass is 264 g/mol. The molecule has 0 aliphatic carbocycles. The van der Waals surface area contributed by atoms with Crippen molar-refractivity contribution in [3.63, 3.8) is 0 Å². The molecule has 0 spiro atoms. The molecule has 2 N–H and O–H groups in total. The molecule has 0 bridgehead atoms. The van der Waals surface area contributed by atoms with Crippen molar-refractivity contribution in [2.75, 3.05) is 5.32 Å². The molecule has 0 radical (unpaired) electrons. The summed E-state index contributed by atoms with van der Waals surface area (Å²) in [6.45, 7) is 11.9. The minimum atomic E-state index is -0.156. The van der Waals surface area contributed by atoms with Crippen LogP contribution in [0.2, 0.25) is 0 Å². The van der Waals surface area contributed by atoms with Crippen LogP contribution >= 0.6 is 0 Å². The molecule has 1 heterocycles. The highest BCUT2D eigenvalue weighted by atomic mass is 16.1. The molecule has 0 saturated carbocycles. The van der Waals surface area contributed by atoms with E-state index in [4.69, 9.17) is 0 Å². The molecule has 5 nitrogen and oxygen atoms in total. The fourth-order valence-corrected chi connectivity index (χ4v) is 1.48. The fourth-order valence-electron chi connectivity index (χ4n) is 1.48. The Labute approximate surface area is 115 Å². The lowest BCUT2D eigenvalue weighted by atomic mass is 10.1. The Bertz CT molecular complexity index is 451. The first-order chi connectivity index (χ1) is 8.71. The molecule has 0 saturated heterocycles. The topological polar surface area (TPSA) is 66.9 Å². The molecular formula is C14H24N4O. The highest BCUT2D eigenvalue weighted by Crippen LogP contribution is 2.11. The van der Waals surface area contributed by atoms with Crippen molar-refractivity contribution in [2.24, 2.45) is 0 Å². The number of nitrogens with zero attached hydrogens (tertiary/aromatic N) is 2. The summed E-state index contributed by atoms with van der Waals surface area (Å²) in [4.78, 5) is 20.6. The molecule has 1 rings (SSSR count). The van der Waals surface area contributed by atoms with Gasteiger partial charge in [0.1, 0.15) is 5.69 Å². The van der Waals surface area contributed by atoms with Crippen molar-refractivity contribution in [2.45, 2.75) is 59.5 Å². The van der Waals surface area contributed by atoms with Crippen LogP contribution in [0.25, 0.3) is 0 Å². The third kappa shape index (κ3) is 5.24. The van der Waals surface area contributed by atoms with Crippen LogP contribution in [-0.2, 0) is 0 Å². The lowest BCUT2D eigenvalue weighted by Gasteiger charge is -2.21. The van der Waals surface area contributed by atoms with E-state index >= 15 is 0 Å². The molecule has 0 aliphatic rings.